The monoisotopic (exact) mass is 423 g/mol. The van der Waals surface area contributed by atoms with Crippen LogP contribution in [-0.2, 0) is 13.0 Å². The summed E-state index contributed by atoms with van der Waals surface area (Å²) >= 11 is 0. The smallest absolute Gasteiger partial charge is 0.152 e. The van der Waals surface area contributed by atoms with E-state index in [4.69, 9.17) is 15.7 Å². The van der Waals surface area contributed by atoms with Crippen molar-refractivity contribution >= 4 is 33.4 Å². The van der Waals surface area contributed by atoms with Gasteiger partial charge in [-0.05, 0) is 58.1 Å². The predicted octanol–water partition coefficient (Wildman–Crippen LogP) is 3.26. The van der Waals surface area contributed by atoms with E-state index in [1.165, 1.54) is 17.5 Å². The lowest BCUT2D eigenvalue weighted by molar-refractivity contribution is 0.387. The number of hydrogen-bond acceptors (Lipinski definition) is 6. The number of benzene rings is 1. The molecule has 7 nitrogen and oxygen atoms in total. The summed E-state index contributed by atoms with van der Waals surface area (Å²) in [5.41, 5.74) is 10.6. The summed E-state index contributed by atoms with van der Waals surface area (Å²) in [5, 5.41) is 4.61. The first-order valence-electron chi connectivity index (χ1n) is 11.8. The van der Waals surface area contributed by atoms with Crippen LogP contribution in [0.15, 0.2) is 18.2 Å². The minimum atomic E-state index is 0.544. The van der Waals surface area contributed by atoms with Crippen LogP contribution in [0, 0.1) is 0 Å². The minimum absolute atomic E-state index is 0.544. The van der Waals surface area contributed by atoms with Crippen molar-refractivity contribution in [2.45, 2.75) is 45.6 Å². The highest BCUT2D eigenvalue weighted by molar-refractivity contribution is 6.07. The average molecular weight is 424 g/mol. The van der Waals surface area contributed by atoms with E-state index in [9.17, 15) is 0 Å². The van der Waals surface area contributed by atoms with Gasteiger partial charge in [-0.15, -0.1) is 0 Å². The third kappa shape index (κ3) is 4.77. The molecule has 0 spiro atoms. The Labute approximate surface area is 185 Å². The number of nitrogens with one attached hydrogen (secondary N) is 1. The number of aryl methyl sites for hydroxylation is 2. The molecule has 0 radical (unpaired) electrons. The van der Waals surface area contributed by atoms with Gasteiger partial charge in [-0.3, -0.25) is 0 Å². The molecule has 0 saturated carbocycles. The van der Waals surface area contributed by atoms with Gasteiger partial charge in [0.25, 0.3) is 0 Å². The lowest BCUT2D eigenvalue weighted by atomic mass is 10.1. The zero-order chi connectivity index (χ0) is 21.8. The van der Waals surface area contributed by atoms with Crippen LogP contribution in [0.5, 0.6) is 0 Å². The Morgan fingerprint density at radius 1 is 1.10 bits per heavy atom. The molecule has 2 aromatic heterocycles. The first kappa shape index (κ1) is 21.8. The number of pyridine rings is 1. The fraction of sp³-hybridized carbons (Fsp3) is 0.583. The number of nitrogen functional groups attached to an aromatic ring is 1. The van der Waals surface area contributed by atoms with Gasteiger partial charge < -0.3 is 25.4 Å². The van der Waals surface area contributed by atoms with E-state index in [1.807, 2.05) is 0 Å². The van der Waals surface area contributed by atoms with Gasteiger partial charge >= 0.3 is 0 Å². The fourth-order valence-corrected chi connectivity index (χ4v) is 4.53. The average Bonchev–Trinajstić information content (AvgIpc) is 3.15. The number of rotatable bonds is 9. The zero-order valence-electron chi connectivity index (χ0n) is 19.3. The van der Waals surface area contributed by atoms with E-state index in [2.05, 4.69) is 58.9 Å². The summed E-state index contributed by atoms with van der Waals surface area (Å²) < 4.78 is 2.43. The van der Waals surface area contributed by atoms with Crippen molar-refractivity contribution in [3.8, 4) is 0 Å². The molecule has 0 atom stereocenters. The summed E-state index contributed by atoms with van der Waals surface area (Å²) in [6.07, 6.45) is 5.58. The number of nitrogens with two attached hydrogens (primary N) is 1. The number of piperazine rings is 1. The number of imidazole rings is 1. The van der Waals surface area contributed by atoms with E-state index in [0.29, 0.717) is 5.82 Å². The van der Waals surface area contributed by atoms with Crippen molar-refractivity contribution in [2.24, 2.45) is 0 Å². The first-order valence-corrected chi connectivity index (χ1v) is 11.8. The second-order valence-electron chi connectivity index (χ2n) is 8.93. The highest BCUT2D eigenvalue weighted by Gasteiger charge is 2.19. The van der Waals surface area contributed by atoms with Crippen LogP contribution < -0.4 is 16.0 Å². The lowest BCUT2D eigenvalue weighted by Gasteiger charge is -2.29. The molecule has 0 unspecified atom stereocenters. The van der Waals surface area contributed by atoms with Gasteiger partial charge in [0.05, 0.1) is 11.0 Å². The SMILES string of the molecule is CCCCc1nc2c(N)nc3ccc(N4CCNCC4)cc3c2n1CCCCN(C)C. The molecule has 4 rings (SSSR count). The van der Waals surface area contributed by atoms with Gasteiger partial charge in [0.15, 0.2) is 5.82 Å². The Balaban J connectivity index is 1.79. The molecule has 0 amide bonds. The number of anilines is 2. The van der Waals surface area contributed by atoms with Crippen LogP contribution >= 0.6 is 0 Å². The Morgan fingerprint density at radius 3 is 2.65 bits per heavy atom. The predicted molar refractivity (Wildman–Crippen MR) is 131 cm³/mol. The van der Waals surface area contributed by atoms with Crippen LogP contribution in [0.2, 0.25) is 0 Å². The minimum Gasteiger partial charge on any atom is -0.382 e. The van der Waals surface area contributed by atoms with Crippen molar-refractivity contribution in [3.63, 3.8) is 0 Å². The van der Waals surface area contributed by atoms with E-state index in [1.54, 1.807) is 0 Å². The molecule has 3 N–H and O–H groups in total. The molecule has 168 valence electrons. The zero-order valence-corrected chi connectivity index (χ0v) is 19.3. The second-order valence-corrected chi connectivity index (χ2v) is 8.93. The molecule has 1 aromatic carbocycles. The molecule has 1 fully saturated rings. The summed E-state index contributed by atoms with van der Waals surface area (Å²) in [7, 11) is 4.27. The normalized spacial score (nSPS) is 14.9. The van der Waals surface area contributed by atoms with E-state index in [-0.39, 0.29) is 0 Å². The first-order chi connectivity index (χ1) is 15.1. The molecule has 0 bridgehead atoms. The van der Waals surface area contributed by atoms with Crippen LogP contribution in [0.1, 0.15) is 38.4 Å². The molecule has 7 heteroatoms. The van der Waals surface area contributed by atoms with E-state index < -0.39 is 0 Å². The Hall–Kier alpha value is -2.38. The molecular weight excluding hydrogens is 386 g/mol. The Morgan fingerprint density at radius 2 is 1.90 bits per heavy atom. The molecule has 3 heterocycles. The lowest BCUT2D eigenvalue weighted by Crippen LogP contribution is -2.43. The highest BCUT2D eigenvalue weighted by atomic mass is 15.2. The Bertz CT molecular complexity index is 1020. The van der Waals surface area contributed by atoms with Gasteiger partial charge in [-0.2, -0.15) is 0 Å². The number of unbranched alkanes of at least 4 members (excludes halogenated alkanes) is 2. The van der Waals surface area contributed by atoms with Crippen molar-refractivity contribution < 1.29 is 0 Å². The number of hydrogen-bond donors (Lipinski definition) is 2. The maximum absolute atomic E-state index is 6.40. The van der Waals surface area contributed by atoms with Gasteiger partial charge in [0.1, 0.15) is 11.3 Å². The fourth-order valence-electron chi connectivity index (χ4n) is 4.53. The van der Waals surface area contributed by atoms with Crippen LogP contribution in [0.3, 0.4) is 0 Å². The maximum Gasteiger partial charge on any atom is 0.152 e. The highest BCUT2D eigenvalue weighted by Crippen LogP contribution is 2.32. The van der Waals surface area contributed by atoms with Crippen LogP contribution in [-0.4, -0.2) is 66.3 Å². The topological polar surface area (TPSA) is 75.2 Å². The summed E-state index contributed by atoms with van der Waals surface area (Å²) in [5.74, 6) is 1.69. The third-order valence-corrected chi connectivity index (χ3v) is 6.24. The molecule has 1 aliphatic heterocycles. The second kappa shape index (κ2) is 9.83. The van der Waals surface area contributed by atoms with Crippen molar-refractivity contribution in [1.82, 2.24) is 24.8 Å². The third-order valence-electron chi connectivity index (χ3n) is 6.24. The molecule has 1 aliphatic rings. The maximum atomic E-state index is 6.40. The number of aromatic nitrogens is 3. The number of nitrogens with zero attached hydrogens (tertiary/aromatic N) is 5. The van der Waals surface area contributed by atoms with E-state index >= 15 is 0 Å². The molecule has 3 aromatic rings. The molecule has 1 saturated heterocycles. The standard InChI is InChI=1S/C24H37N7/c1-4-5-8-21-28-22-23(31(21)14-7-6-13-29(2)3)19-17-18(30-15-11-26-12-16-30)9-10-20(19)27-24(22)25/h9-10,17,26H,4-8,11-16H2,1-3H3,(H2,25,27). The molecule has 0 aliphatic carbocycles. The van der Waals surface area contributed by atoms with Crippen LogP contribution in [0.25, 0.3) is 21.9 Å². The summed E-state index contributed by atoms with van der Waals surface area (Å²) in [4.78, 5) is 14.4. The molecular formula is C24H37N7. The van der Waals surface area contributed by atoms with Gasteiger partial charge in [0.2, 0.25) is 0 Å². The van der Waals surface area contributed by atoms with E-state index in [0.717, 1.165) is 87.3 Å². The van der Waals surface area contributed by atoms with Crippen LogP contribution in [0.4, 0.5) is 11.5 Å². The molecule has 31 heavy (non-hydrogen) atoms. The summed E-state index contributed by atoms with van der Waals surface area (Å²) in [6, 6.07) is 6.61. The summed E-state index contributed by atoms with van der Waals surface area (Å²) in [6.45, 7) is 8.42. The van der Waals surface area contributed by atoms with Crippen molar-refractivity contribution in [3.05, 3.63) is 24.0 Å². The largest absolute Gasteiger partial charge is 0.382 e. The quantitative estimate of drug-likeness (QED) is 0.515. The number of fused-ring (bicyclic) bond motifs is 3. The van der Waals surface area contributed by atoms with Gasteiger partial charge in [0, 0.05) is 50.2 Å². The van der Waals surface area contributed by atoms with Gasteiger partial charge in [-0.1, -0.05) is 13.3 Å². The Kier molecular flexibility index (Phi) is 6.92. The van der Waals surface area contributed by atoms with Crippen molar-refractivity contribution in [2.75, 3.05) is 57.5 Å². The van der Waals surface area contributed by atoms with Gasteiger partial charge in [-0.25, -0.2) is 9.97 Å². The van der Waals surface area contributed by atoms with Crippen molar-refractivity contribution in [1.29, 1.82) is 0 Å².